The van der Waals surface area contributed by atoms with Crippen molar-refractivity contribution in [3.63, 3.8) is 0 Å². The van der Waals surface area contributed by atoms with Crippen LogP contribution in [0.4, 0.5) is 0 Å². The maximum Gasteiger partial charge on any atom is 0.312 e. The molecule has 0 aromatic carbocycles. The Balaban J connectivity index is 3.23. The lowest BCUT2D eigenvalue weighted by Crippen LogP contribution is -1.97. The molecule has 0 aliphatic heterocycles. The Kier molecular flexibility index (Phi) is 4.51. The first-order valence-corrected chi connectivity index (χ1v) is 3.40. The molecular weight excluding hydrogens is 126 g/mol. The van der Waals surface area contributed by atoms with Crippen LogP contribution >= 0.6 is 0 Å². The molecule has 0 heterocycles. The fourth-order valence-corrected chi connectivity index (χ4v) is 0.664. The van der Waals surface area contributed by atoms with Gasteiger partial charge in [-0.1, -0.05) is 0 Å². The molecule has 3 nitrogen and oxygen atoms in total. The van der Waals surface area contributed by atoms with E-state index in [0.717, 1.165) is 0 Å². The number of hydrogen-bond acceptors (Lipinski definition) is 2. The Bertz CT molecular complexity index is 118. The summed E-state index contributed by atoms with van der Waals surface area (Å²) >= 11 is -1.37. The third-order valence-electron chi connectivity index (χ3n) is 0.419. The van der Waals surface area contributed by atoms with Crippen LogP contribution < -0.4 is 0 Å². The molecule has 0 bridgehead atoms. The molecule has 1 atom stereocenters. The second-order valence-electron chi connectivity index (χ2n) is 0.997. The average Bonchev–Trinajstić information content (AvgIpc) is 1.68. The monoisotopic (exact) mass is 133 g/mol. The molecule has 0 saturated heterocycles. The van der Waals surface area contributed by atoms with Crippen LogP contribution in [0.2, 0.25) is 0 Å². The van der Waals surface area contributed by atoms with Crippen molar-refractivity contribution in [2.75, 3.05) is 12.5 Å². The number of hydrogen-bond donors (Lipinski definition) is 0. The zero-order chi connectivity index (χ0) is 6.41. The molecule has 0 radical (unpaired) electrons. The van der Waals surface area contributed by atoms with E-state index in [1.807, 2.05) is 0 Å². The molecule has 0 amide bonds. The summed E-state index contributed by atoms with van der Waals surface area (Å²) in [5, 5.41) is 0. The van der Waals surface area contributed by atoms with E-state index in [2.05, 4.69) is 9.03 Å². The van der Waals surface area contributed by atoms with Gasteiger partial charge in [0.15, 0.2) is 0 Å². The summed E-state index contributed by atoms with van der Waals surface area (Å²) in [5.74, 6) is -0.0478. The largest absolute Gasteiger partial charge is 0.312 e. The summed E-state index contributed by atoms with van der Waals surface area (Å²) < 4.78 is 14.9. The number of nitrogens with zero attached hydrogens (tertiary/aromatic N) is 1. The van der Waals surface area contributed by atoms with Gasteiger partial charge in [-0.15, -0.1) is 0 Å². The topological polar surface area (TPSA) is 30.7 Å². The first-order chi connectivity index (χ1) is 3.81. The van der Waals surface area contributed by atoms with Crippen LogP contribution in [0.1, 0.15) is 6.92 Å². The van der Waals surface area contributed by atoms with E-state index in [1.165, 1.54) is 0 Å². The van der Waals surface area contributed by atoms with E-state index < -0.39 is 11.1 Å². The molecule has 0 rings (SSSR count). The maximum atomic E-state index is 10.3. The van der Waals surface area contributed by atoms with E-state index in [-0.39, 0.29) is 5.88 Å². The van der Waals surface area contributed by atoms with Crippen LogP contribution in [-0.4, -0.2) is 16.7 Å². The average molecular weight is 133 g/mol. The van der Waals surface area contributed by atoms with Crippen molar-refractivity contribution >= 4 is 11.1 Å². The minimum Gasteiger partial charge on any atom is -0.300 e. The van der Waals surface area contributed by atoms with Gasteiger partial charge in [0.25, 0.3) is 0 Å². The third-order valence-corrected chi connectivity index (χ3v) is 1.26. The van der Waals surface area contributed by atoms with Crippen molar-refractivity contribution in [3.05, 3.63) is 11.4 Å². The first kappa shape index (κ1) is 7.60. The van der Waals surface area contributed by atoms with Crippen LogP contribution in [0.3, 0.4) is 0 Å². The van der Waals surface area contributed by atoms with Crippen LogP contribution in [0.15, 0.2) is 0 Å². The van der Waals surface area contributed by atoms with Gasteiger partial charge in [-0.2, -0.15) is 0 Å². The zero-order valence-corrected chi connectivity index (χ0v) is 5.40. The van der Waals surface area contributed by atoms with E-state index >= 15 is 0 Å². The number of rotatable bonds is 3. The molecule has 0 spiro atoms. The Morgan fingerprint density at radius 3 is 2.88 bits per heavy atom. The molecular formula is C4H7NO2S. The molecule has 0 aliphatic rings. The lowest BCUT2D eigenvalue weighted by Gasteiger charge is -1.88. The Morgan fingerprint density at radius 2 is 2.50 bits per heavy atom. The molecule has 4 heteroatoms. The molecule has 46 valence electrons. The molecule has 0 aliphatic carbocycles. The highest BCUT2D eigenvalue weighted by Crippen LogP contribution is 1.83. The molecule has 1 unspecified atom stereocenters. The van der Waals surface area contributed by atoms with Crippen LogP contribution in [0.25, 0.3) is 4.85 Å². The van der Waals surface area contributed by atoms with Gasteiger partial charge in [0, 0.05) is 0 Å². The standard InChI is InChI=1S/C4H7NO2S/c1-3-7-8(6)4-5-2/h3-4H2,1H3. The first-order valence-electron chi connectivity index (χ1n) is 2.16. The Morgan fingerprint density at radius 1 is 1.88 bits per heavy atom. The summed E-state index contributed by atoms with van der Waals surface area (Å²) in [4.78, 5) is 2.88. The van der Waals surface area contributed by atoms with Gasteiger partial charge in [-0.05, 0) is 6.92 Å². The highest BCUT2D eigenvalue weighted by Gasteiger charge is 1.97. The van der Waals surface area contributed by atoms with E-state index in [1.54, 1.807) is 6.92 Å². The smallest absolute Gasteiger partial charge is 0.300 e. The fourth-order valence-electron chi connectivity index (χ4n) is 0.221. The minimum atomic E-state index is -1.37. The van der Waals surface area contributed by atoms with Gasteiger partial charge in [0.2, 0.25) is 11.1 Å². The summed E-state index contributed by atoms with van der Waals surface area (Å²) in [6.07, 6.45) is 0. The van der Waals surface area contributed by atoms with E-state index in [0.29, 0.717) is 6.61 Å². The second kappa shape index (κ2) is 4.75. The van der Waals surface area contributed by atoms with Crippen LogP contribution in [0.5, 0.6) is 0 Å². The normalized spacial score (nSPS) is 12.5. The predicted molar refractivity (Wildman–Crippen MR) is 31.2 cm³/mol. The van der Waals surface area contributed by atoms with E-state index in [9.17, 15) is 4.21 Å². The van der Waals surface area contributed by atoms with E-state index in [4.69, 9.17) is 6.57 Å². The highest BCUT2D eigenvalue weighted by molar-refractivity contribution is 7.80. The van der Waals surface area contributed by atoms with Gasteiger partial charge >= 0.3 is 5.88 Å². The zero-order valence-electron chi connectivity index (χ0n) is 4.59. The van der Waals surface area contributed by atoms with Gasteiger partial charge in [0.1, 0.15) is 0 Å². The molecule has 0 saturated carbocycles. The van der Waals surface area contributed by atoms with Crippen molar-refractivity contribution in [1.82, 2.24) is 0 Å². The van der Waals surface area contributed by atoms with Crippen LogP contribution in [-0.2, 0) is 15.3 Å². The lowest BCUT2D eigenvalue weighted by atomic mass is 10.9. The maximum absolute atomic E-state index is 10.3. The van der Waals surface area contributed by atoms with Gasteiger partial charge in [-0.3, -0.25) is 9.03 Å². The second-order valence-corrected chi connectivity index (χ2v) is 2.10. The summed E-state index contributed by atoms with van der Waals surface area (Å²) in [7, 11) is 0. The van der Waals surface area contributed by atoms with Gasteiger partial charge in [-0.25, -0.2) is 10.8 Å². The quantitative estimate of drug-likeness (QED) is 0.527. The van der Waals surface area contributed by atoms with Gasteiger partial charge in [0.05, 0.1) is 6.61 Å². The molecule has 0 aromatic rings. The minimum absolute atomic E-state index is 0.0478. The van der Waals surface area contributed by atoms with Crippen molar-refractivity contribution in [1.29, 1.82) is 0 Å². The lowest BCUT2D eigenvalue weighted by molar-refractivity contribution is 0.373. The SMILES string of the molecule is [C-]#[N+]CS(=O)OCC. The Labute approximate surface area is 51.1 Å². The third kappa shape index (κ3) is 3.78. The van der Waals surface area contributed by atoms with Crippen molar-refractivity contribution in [2.24, 2.45) is 0 Å². The van der Waals surface area contributed by atoms with Crippen LogP contribution in [0, 0.1) is 6.57 Å². The molecule has 0 aromatic heterocycles. The molecule has 0 fully saturated rings. The highest BCUT2D eigenvalue weighted by atomic mass is 32.2. The molecule has 8 heavy (non-hydrogen) atoms. The predicted octanol–water partition coefficient (Wildman–Crippen LogP) is 0.563. The fraction of sp³-hybridized carbons (Fsp3) is 0.750. The molecule has 0 N–H and O–H groups in total. The summed E-state index contributed by atoms with van der Waals surface area (Å²) in [6.45, 7) is 8.41. The van der Waals surface area contributed by atoms with Crippen molar-refractivity contribution < 1.29 is 8.39 Å². The summed E-state index contributed by atoms with van der Waals surface area (Å²) in [5.41, 5.74) is 0. The van der Waals surface area contributed by atoms with Crippen molar-refractivity contribution in [2.45, 2.75) is 6.92 Å². The van der Waals surface area contributed by atoms with Crippen molar-refractivity contribution in [3.8, 4) is 0 Å². The summed E-state index contributed by atoms with van der Waals surface area (Å²) in [6, 6.07) is 0. The van der Waals surface area contributed by atoms with Gasteiger partial charge < -0.3 is 0 Å². The Hall–Kier alpha value is -0.400.